The average molecular weight is 500 g/mol. The third-order valence-corrected chi connectivity index (χ3v) is 8.20. The number of rotatable bonds is 4. The minimum atomic E-state index is -0.342. The summed E-state index contributed by atoms with van der Waals surface area (Å²) in [6.45, 7) is 5.60. The zero-order chi connectivity index (χ0) is 24.7. The van der Waals surface area contributed by atoms with Crippen molar-refractivity contribution in [2.24, 2.45) is 5.41 Å². The molecule has 1 N–H and O–H groups in total. The first kappa shape index (κ1) is 25.6. The normalized spacial score (nSPS) is 19.4. The average Bonchev–Trinajstić information content (AvgIpc) is 3.27. The van der Waals surface area contributed by atoms with E-state index in [9.17, 15) is 9.59 Å². The SMILES string of the molecule is Cc1nnsc1CN(C)C(=O)CN1CCC2(CCCCc3ccccc3OCCCNC2=O)CC1. The van der Waals surface area contributed by atoms with E-state index in [0.29, 0.717) is 26.2 Å². The smallest absolute Gasteiger partial charge is 0.236 e. The number of aryl methyl sites for hydroxylation is 2. The van der Waals surface area contributed by atoms with E-state index in [1.54, 1.807) is 4.90 Å². The van der Waals surface area contributed by atoms with Crippen LogP contribution in [0.4, 0.5) is 0 Å². The molecule has 1 spiro atoms. The number of ether oxygens (including phenoxy) is 1. The Kier molecular flexibility index (Phi) is 8.73. The number of hydrogen-bond donors (Lipinski definition) is 1. The number of piperidine rings is 1. The van der Waals surface area contributed by atoms with E-state index in [1.807, 2.05) is 26.1 Å². The second-order valence-electron chi connectivity index (χ2n) is 9.86. The highest BCUT2D eigenvalue weighted by Gasteiger charge is 2.41. The van der Waals surface area contributed by atoms with Gasteiger partial charge in [0.05, 0.1) is 35.7 Å². The lowest BCUT2D eigenvalue weighted by molar-refractivity contribution is -0.136. The number of fused-ring (bicyclic) bond motifs is 1. The summed E-state index contributed by atoms with van der Waals surface area (Å²) in [7, 11) is 1.83. The van der Waals surface area contributed by atoms with Crippen molar-refractivity contribution in [1.82, 2.24) is 24.7 Å². The largest absolute Gasteiger partial charge is 0.493 e. The molecule has 3 heterocycles. The van der Waals surface area contributed by atoms with Crippen LogP contribution in [0.5, 0.6) is 5.75 Å². The predicted octanol–water partition coefficient (Wildman–Crippen LogP) is 3.20. The second-order valence-corrected chi connectivity index (χ2v) is 10.7. The number of benzene rings is 1. The van der Waals surface area contributed by atoms with Gasteiger partial charge in [0.2, 0.25) is 11.8 Å². The number of hydrogen-bond acceptors (Lipinski definition) is 7. The zero-order valence-corrected chi connectivity index (χ0v) is 21.7. The number of likely N-dealkylation sites (N-methyl/N-ethyl adjacent to an activating group) is 1. The van der Waals surface area contributed by atoms with Crippen LogP contribution in [0.3, 0.4) is 0 Å². The summed E-state index contributed by atoms with van der Waals surface area (Å²) in [5.74, 6) is 1.23. The van der Waals surface area contributed by atoms with Gasteiger partial charge in [0, 0.05) is 13.6 Å². The van der Waals surface area contributed by atoms with E-state index < -0.39 is 0 Å². The van der Waals surface area contributed by atoms with Gasteiger partial charge in [-0.25, -0.2) is 0 Å². The van der Waals surface area contributed by atoms with Crippen molar-refractivity contribution in [3.8, 4) is 5.75 Å². The molecular weight excluding hydrogens is 462 g/mol. The molecule has 8 nitrogen and oxygen atoms in total. The van der Waals surface area contributed by atoms with Gasteiger partial charge in [-0.1, -0.05) is 29.1 Å². The van der Waals surface area contributed by atoms with Crippen LogP contribution in [-0.2, 0) is 22.6 Å². The summed E-state index contributed by atoms with van der Waals surface area (Å²) in [5, 5.41) is 7.22. The summed E-state index contributed by atoms with van der Waals surface area (Å²) in [4.78, 5) is 31.1. The highest BCUT2D eigenvalue weighted by Crippen LogP contribution is 2.37. The highest BCUT2D eigenvalue weighted by atomic mass is 32.1. The minimum Gasteiger partial charge on any atom is -0.493 e. The Morgan fingerprint density at radius 3 is 2.77 bits per heavy atom. The molecule has 4 rings (SSSR count). The van der Waals surface area contributed by atoms with Crippen LogP contribution in [0.25, 0.3) is 0 Å². The highest BCUT2D eigenvalue weighted by molar-refractivity contribution is 7.05. The van der Waals surface area contributed by atoms with E-state index in [0.717, 1.165) is 74.4 Å². The van der Waals surface area contributed by atoms with Crippen LogP contribution in [0, 0.1) is 12.3 Å². The Morgan fingerprint density at radius 1 is 1.20 bits per heavy atom. The number of para-hydroxylation sites is 1. The van der Waals surface area contributed by atoms with Crippen molar-refractivity contribution >= 4 is 23.3 Å². The van der Waals surface area contributed by atoms with Crippen LogP contribution < -0.4 is 10.1 Å². The van der Waals surface area contributed by atoms with Crippen molar-refractivity contribution in [2.75, 3.05) is 39.8 Å². The molecule has 2 aliphatic heterocycles. The van der Waals surface area contributed by atoms with Gasteiger partial charge < -0.3 is 15.0 Å². The van der Waals surface area contributed by atoms with Gasteiger partial charge in [-0.05, 0) is 81.7 Å². The Labute approximate surface area is 212 Å². The molecule has 1 aromatic carbocycles. The topological polar surface area (TPSA) is 87.7 Å². The van der Waals surface area contributed by atoms with Crippen LogP contribution in [0.2, 0.25) is 0 Å². The van der Waals surface area contributed by atoms with E-state index in [2.05, 4.69) is 31.9 Å². The molecule has 0 atom stereocenters. The van der Waals surface area contributed by atoms with Crippen LogP contribution in [0.1, 0.15) is 54.7 Å². The monoisotopic (exact) mass is 499 g/mol. The van der Waals surface area contributed by atoms with Gasteiger partial charge in [0.25, 0.3) is 0 Å². The summed E-state index contributed by atoms with van der Waals surface area (Å²) in [6, 6.07) is 8.27. The van der Waals surface area contributed by atoms with Gasteiger partial charge >= 0.3 is 0 Å². The van der Waals surface area contributed by atoms with Gasteiger partial charge in [-0.15, -0.1) is 5.10 Å². The first-order valence-corrected chi connectivity index (χ1v) is 13.5. The van der Waals surface area contributed by atoms with Crippen molar-refractivity contribution < 1.29 is 14.3 Å². The van der Waals surface area contributed by atoms with E-state index in [4.69, 9.17) is 4.74 Å². The minimum absolute atomic E-state index is 0.0896. The molecule has 1 saturated heterocycles. The number of nitrogens with zero attached hydrogens (tertiary/aromatic N) is 4. The summed E-state index contributed by atoms with van der Waals surface area (Å²) in [6.07, 6.45) is 6.27. The van der Waals surface area contributed by atoms with E-state index >= 15 is 0 Å². The predicted molar refractivity (Wildman–Crippen MR) is 136 cm³/mol. The van der Waals surface area contributed by atoms with Crippen molar-refractivity contribution in [3.63, 3.8) is 0 Å². The Bertz CT molecular complexity index is 1000. The third-order valence-electron chi connectivity index (χ3n) is 7.39. The van der Waals surface area contributed by atoms with E-state index in [-0.39, 0.29) is 17.2 Å². The van der Waals surface area contributed by atoms with Crippen molar-refractivity contribution in [3.05, 3.63) is 40.4 Å². The van der Waals surface area contributed by atoms with E-state index in [1.165, 1.54) is 17.1 Å². The molecule has 190 valence electrons. The van der Waals surface area contributed by atoms with Crippen molar-refractivity contribution in [1.29, 1.82) is 0 Å². The van der Waals surface area contributed by atoms with Crippen LogP contribution >= 0.6 is 11.5 Å². The Balaban J connectivity index is 1.32. The second kappa shape index (κ2) is 11.9. The maximum atomic E-state index is 13.3. The number of likely N-dealkylation sites (tertiary alicyclic amines) is 1. The summed E-state index contributed by atoms with van der Waals surface area (Å²) < 4.78 is 9.94. The fourth-order valence-electron chi connectivity index (χ4n) is 5.02. The summed E-state index contributed by atoms with van der Waals surface area (Å²) in [5.41, 5.74) is 1.79. The lowest BCUT2D eigenvalue weighted by Crippen LogP contribution is -2.51. The maximum Gasteiger partial charge on any atom is 0.236 e. The first-order chi connectivity index (χ1) is 17.0. The quantitative estimate of drug-likeness (QED) is 0.695. The molecule has 35 heavy (non-hydrogen) atoms. The molecule has 2 amide bonds. The summed E-state index contributed by atoms with van der Waals surface area (Å²) >= 11 is 1.34. The zero-order valence-electron chi connectivity index (χ0n) is 20.9. The number of nitrogens with one attached hydrogen (secondary N) is 1. The molecule has 0 bridgehead atoms. The maximum absolute atomic E-state index is 13.3. The molecule has 1 fully saturated rings. The molecule has 2 aliphatic rings. The lowest BCUT2D eigenvalue weighted by Gasteiger charge is -2.41. The number of carbonyl (C=O) groups excluding carboxylic acids is 2. The van der Waals surface area contributed by atoms with Gasteiger partial charge in [-0.2, -0.15) is 0 Å². The lowest BCUT2D eigenvalue weighted by atomic mass is 9.73. The Hall–Kier alpha value is -2.52. The molecular formula is C26H37N5O3S. The van der Waals surface area contributed by atoms with Gasteiger partial charge in [-0.3, -0.25) is 14.5 Å². The molecule has 2 aromatic rings. The van der Waals surface area contributed by atoms with Crippen LogP contribution in [-0.4, -0.2) is 71.0 Å². The molecule has 0 aliphatic carbocycles. The number of amides is 2. The van der Waals surface area contributed by atoms with Crippen LogP contribution in [0.15, 0.2) is 24.3 Å². The number of aromatic nitrogens is 2. The molecule has 9 heteroatoms. The van der Waals surface area contributed by atoms with Crippen molar-refractivity contribution in [2.45, 2.75) is 58.4 Å². The fraction of sp³-hybridized carbons (Fsp3) is 0.615. The molecule has 0 saturated carbocycles. The molecule has 1 aromatic heterocycles. The fourth-order valence-corrected chi connectivity index (χ4v) is 5.70. The van der Waals surface area contributed by atoms with Gasteiger partial charge in [0.15, 0.2) is 0 Å². The third kappa shape index (κ3) is 6.58. The first-order valence-electron chi connectivity index (χ1n) is 12.7. The number of carbonyl (C=O) groups is 2. The standard InChI is InChI=1S/C26H37N5O3S/c1-20-23(35-29-28-20)18-30(2)24(32)19-31-15-12-26(13-16-31)11-6-5-9-21-8-3-4-10-22(21)34-17-7-14-27-25(26)33/h3-4,8,10H,5-7,9,11-19H2,1-2H3,(H,27,33). The van der Waals surface area contributed by atoms with Gasteiger partial charge in [0.1, 0.15) is 5.75 Å². The Morgan fingerprint density at radius 2 is 2.00 bits per heavy atom. The molecule has 0 unspecified atom stereocenters. The molecule has 0 radical (unpaired) electrons.